The average molecular weight is 266 g/mol. The zero-order chi connectivity index (χ0) is 13.3. The highest BCUT2D eigenvalue weighted by Gasteiger charge is 2.12. The molecule has 0 unspecified atom stereocenters. The van der Waals surface area contributed by atoms with Gasteiger partial charge in [0.1, 0.15) is 0 Å². The highest BCUT2D eigenvalue weighted by Crippen LogP contribution is 2.30. The van der Waals surface area contributed by atoms with Gasteiger partial charge >= 0.3 is 0 Å². The fourth-order valence-electron chi connectivity index (χ4n) is 1.70. The van der Waals surface area contributed by atoms with Gasteiger partial charge in [-0.05, 0) is 24.3 Å². The van der Waals surface area contributed by atoms with Crippen LogP contribution in [0.3, 0.4) is 0 Å². The molecule has 0 spiro atoms. The normalized spacial score (nSPS) is 11.4. The van der Waals surface area contributed by atoms with Crippen molar-refractivity contribution in [3.05, 3.63) is 30.3 Å². The summed E-state index contributed by atoms with van der Waals surface area (Å²) < 4.78 is 31.1. The second-order valence-electron chi connectivity index (χ2n) is 3.65. The average Bonchev–Trinajstić information content (AvgIpc) is 2.31. The molecule has 6 nitrogen and oxygen atoms in total. The molecule has 0 heterocycles. The van der Waals surface area contributed by atoms with Crippen molar-refractivity contribution in [1.29, 1.82) is 0 Å². The van der Waals surface area contributed by atoms with Crippen molar-refractivity contribution in [1.82, 2.24) is 0 Å². The molecule has 0 atom stereocenters. The molecule has 0 aromatic heterocycles. The summed E-state index contributed by atoms with van der Waals surface area (Å²) >= 11 is 0. The van der Waals surface area contributed by atoms with Gasteiger partial charge in [-0.15, -0.1) is 0 Å². The molecule has 2 aromatic carbocycles. The van der Waals surface area contributed by atoms with Crippen molar-refractivity contribution in [2.75, 3.05) is 11.1 Å². The molecule has 2 aromatic rings. The second kappa shape index (κ2) is 4.28. The summed E-state index contributed by atoms with van der Waals surface area (Å²) in [5.74, 6) is 0. The number of benzene rings is 2. The van der Waals surface area contributed by atoms with Crippen LogP contribution in [0.25, 0.3) is 10.8 Å². The number of carbonyl (C=O) groups is 1. The van der Waals surface area contributed by atoms with Crippen LogP contribution in [0.4, 0.5) is 11.4 Å². The quantitative estimate of drug-likeness (QED) is 0.440. The van der Waals surface area contributed by atoms with Crippen LogP contribution in [0.2, 0.25) is 0 Å². The third-order valence-corrected chi connectivity index (χ3v) is 3.38. The summed E-state index contributed by atoms with van der Waals surface area (Å²) in [4.78, 5) is 10.2. The maximum absolute atomic E-state index is 11.0. The predicted octanol–water partition coefficient (Wildman–Crippen LogP) is 1.24. The Hall–Kier alpha value is -2.12. The van der Waals surface area contributed by atoms with Crippen LogP contribution in [-0.4, -0.2) is 19.4 Å². The van der Waals surface area contributed by atoms with E-state index in [1.54, 1.807) is 12.1 Å². The molecule has 0 saturated carbocycles. The van der Waals surface area contributed by atoms with Crippen molar-refractivity contribution in [2.24, 2.45) is 0 Å². The molecule has 0 saturated heterocycles. The topological polar surface area (TPSA) is 109 Å². The molecule has 0 aliphatic heterocycles. The molecular weight excluding hydrogens is 256 g/mol. The SMILES string of the molecule is Nc1ccc(NC=O)c2ccc(S(=O)(=O)O)cc12. The molecule has 18 heavy (non-hydrogen) atoms. The minimum absolute atomic E-state index is 0.245. The minimum Gasteiger partial charge on any atom is -0.398 e. The van der Waals surface area contributed by atoms with E-state index >= 15 is 0 Å². The van der Waals surface area contributed by atoms with Crippen molar-refractivity contribution in [3.8, 4) is 0 Å². The van der Waals surface area contributed by atoms with Crippen molar-refractivity contribution >= 4 is 38.7 Å². The van der Waals surface area contributed by atoms with Crippen LogP contribution >= 0.6 is 0 Å². The number of hydrogen-bond donors (Lipinski definition) is 3. The van der Waals surface area contributed by atoms with E-state index in [0.29, 0.717) is 28.6 Å². The van der Waals surface area contributed by atoms with Crippen LogP contribution in [0.15, 0.2) is 35.2 Å². The van der Waals surface area contributed by atoms with Crippen LogP contribution < -0.4 is 11.1 Å². The zero-order valence-corrected chi connectivity index (χ0v) is 9.94. The Labute approximate surface area is 103 Å². The summed E-state index contributed by atoms with van der Waals surface area (Å²) in [5.41, 5.74) is 6.60. The lowest BCUT2D eigenvalue weighted by molar-refractivity contribution is -0.105. The van der Waals surface area contributed by atoms with Crippen LogP contribution in [0.5, 0.6) is 0 Å². The monoisotopic (exact) mass is 266 g/mol. The number of amides is 1. The second-order valence-corrected chi connectivity index (χ2v) is 5.07. The number of nitrogens with one attached hydrogen (secondary N) is 1. The Morgan fingerprint density at radius 3 is 2.50 bits per heavy atom. The first-order valence-electron chi connectivity index (χ1n) is 4.93. The number of hydrogen-bond acceptors (Lipinski definition) is 4. The Kier molecular flexibility index (Phi) is 2.93. The third-order valence-electron chi connectivity index (χ3n) is 2.53. The van der Waals surface area contributed by atoms with Gasteiger partial charge in [-0.1, -0.05) is 6.07 Å². The summed E-state index contributed by atoms with van der Waals surface area (Å²) in [6, 6.07) is 7.13. The molecule has 94 valence electrons. The van der Waals surface area contributed by atoms with Gasteiger partial charge in [-0.3, -0.25) is 9.35 Å². The highest BCUT2D eigenvalue weighted by molar-refractivity contribution is 7.85. The largest absolute Gasteiger partial charge is 0.398 e. The van der Waals surface area contributed by atoms with Crippen molar-refractivity contribution in [2.45, 2.75) is 4.90 Å². The Morgan fingerprint density at radius 2 is 1.89 bits per heavy atom. The summed E-state index contributed by atoms with van der Waals surface area (Å²) in [6.45, 7) is 0. The van der Waals surface area contributed by atoms with E-state index in [-0.39, 0.29) is 4.90 Å². The van der Waals surface area contributed by atoms with E-state index in [2.05, 4.69) is 5.32 Å². The fourth-order valence-corrected chi connectivity index (χ4v) is 2.21. The van der Waals surface area contributed by atoms with Crippen LogP contribution in [0, 0.1) is 0 Å². The lowest BCUT2D eigenvalue weighted by atomic mass is 10.1. The maximum Gasteiger partial charge on any atom is 0.294 e. The summed E-state index contributed by atoms with van der Waals surface area (Å²) in [7, 11) is -4.28. The van der Waals surface area contributed by atoms with E-state index in [0.717, 1.165) is 0 Å². The van der Waals surface area contributed by atoms with Gasteiger partial charge in [0.15, 0.2) is 0 Å². The molecule has 0 aliphatic carbocycles. The first-order valence-corrected chi connectivity index (χ1v) is 6.37. The number of nitrogens with two attached hydrogens (primary N) is 1. The van der Waals surface area contributed by atoms with Crippen LogP contribution in [0.1, 0.15) is 0 Å². The first kappa shape index (κ1) is 12.3. The van der Waals surface area contributed by atoms with E-state index < -0.39 is 10.1 Å². The Balaban J connectivity index is 2.78. The van der Waals surface area contributed by atoms with E-state index in [1.165, 1.54) is 18.2 Å². The first-order chi connectivity index (χ1) is 8.43. The smallest absolute Gasteiger partial charge is 0.294 e. The minimum atomic E-state index is -4.28. The molecule has 0 radical (unpaired) electrons. The molecule has 7 heteroatoms. The van der Waals surface area contributed by atoms with Crippen molar-refractivity contribution < 1.29 is 17.8 Å². The number of anilines is 2. The van der Waals surface area contributed by atoms with Gasteiger partial charge in [-0.25, -0.2) is 0 Å². The van der Waals surface area contributed by atoms with E-state index in [1.807, 2.05) is 0 Å². The molecule has 0 bridgehead atoms. The molecule has 2 rings (SSSR count). The van der Waals surface area contributed by atoms with Gasteiger partial charge in [0.05, 0.1) is 4.90 Å². The predicted molar refractivity (Wildman–Crippen MR) is 67.9 cm³/mol. The third kappa shape index (κ3) is 2.13. The van der Waals surface area contributed by atoms with E-state index in [9.17, 15) is 13.2 Å². The van der Waals surface area contributed by atoms with Crippen LogP contribution in [-0.2, 0) is 14.9 Å². The van der Waals surface area contributed by atoms with Crippen molar-refractivity contribution in [3.63, 3.8) is 0 Å². The Morgan fingerprint density at radius 1 is 1.17 bits per heavy atom. The standard InChI is InChI=1S/C11H10N2O4S/c12-10-3-4-11(13-6-14)8-2-1-7(5-9(8)10)18(15,16)17/h1-6H,12H2,(H,13,14)(H,15,16,17). The molecular formula is C11H10N2O4S. The maximum atomic E-state index is 11.0. The summed E-state index contributed by atoms with van der Waals surface area (Å²) in [5, 5.41) is 3.52. The molecule has 0 fully saturated rings. The highest BCUT2D eigenvalue weighted by atomic mass is 32.2. The number of fused-ring (bicyclic) bond motifs is 1. The molecule has 1 amide bonds. The molecule has 0 aliphatic rings. The number of nitrogen functional groups attached to an aromatic ring is 1. The summed E-state index contributed by atoms with van der Waals surface area (Å²) in [6.07, 6.45) is 0.516. The van der Waals surface area contributed by atoms with Gasteiger partial charge in [0.25, 0.3) is 10.1 Å². The fraction of sp³-hybridized carbons (Fsp3) is 0. The number of rotatable bonds is 3. The van der Waals surface area contributed by atoms with Gasteiger partial charge in [0, 0.05) is 22.1 Å². The lowest BCUT2D eigenvalue weighted by Crippen LogP contribution is -2.00. The zero-order valence-electron chi connectivity index (χ0n) is 9.12. The van der Waals surface area contributed by atoms with Gasteiger partial charge < -0.3 is 11.1 Å². The molecule has 4 N–H and O–H groups in total. The van der Waals surface area contributed by atoms with E-state index in [4.69, 9.17) is 10.3 Å². The number of carbonyl (C=O) groups excluding carboxylic acids is 1. The van der Waals surface area contributed by atoms with Gasteiger partial charge in [0.2, 0.25) is 6.41 Å². The Bertz CT molecular complexity index is 725. The van der Waals surface area contributed by atoms with Gasteiger partial charge in [-0.2, -0.15) is 8.42 Å². The lowest BCUT2D eigenvalue weighted by Gasteiger charge is -2.08.